The largest absolute Gasteiger partial charge is 0.508 e. The quantitative estimate of drug-likeness (QED) is 0.142. The van der Waals surface area contributed by atoms with Crippen LogP contribution in [0.15, 0.2) is 96.6 Å². The fourth-order valence-electron chi connectivity index (χ4n) is 4.72. The van der Waals surface area contributed by atoms with Gasteiger partial charge in [0.1, 0.15) is 17.3 Å². The number of carbonyl (C=O) groups excluding carboxylic acids is 2. The van der Waals surface area contributed by atoms with E-state index in [2.05, 4.69) is 5.32 Å². The number of para-hydroxylation sites is 1. The fourth-order valence-corrected chi connectivity index (χ4v) is 5.07. The number of rotatable bonds is 6. The summed E-state index contributed by atoms with van der Waals surface area (Å²) >= 11 is 6.36. The lowest BCUT2D eigenvalue weighted by Crippen LogP contribution is -2.29. The van der Waals surface area contributed by atoms with E-state index in [1.807, 2.05) is 30.3 Å². The average molecular weight is 541 g/mol. The number of phenolic OH excluding ortho intramolecular Hbond substituents is 1. The third kappa shape index (κ3) is 4.92. The van der Waals surface area contributed by atoms with Crippen LogP contribution < -0.4 is 15.0 Å². The predicted molar refractivity (Wildman–Crippen MR) is 152 cm³/mol. The minimum absolute atomic E-state index is 0.0270. The molecule has 3 N–H and O–H groups in total. The molecule has 1 heterocycles. The van der Waals surface area contributed by atoms with Crippen molar-refractivity contribution in [1.82, 2.24) is 0 Å². The van der Waals surface area contributed by atoms with Crippen molar-refractivity contribution >= 4 is 46.1 Å². The van der Waals surface area contributed by atoms with Gasteiger partial charge in [0.15, 0.2) is 0 Å². The maximum atomic E-state index is 13.5. The van der Waals surface area contributed by atoms with Crippen LogP contribution >= 0.6 is 11.6 Å². The van der Waals surface area contributed by atoms with Crippen molar-refractivity contribution in [2.24, 2.45) is 0 Å². The molecular weight excluding hydrogens is 516 g/mol. The van der Waals surface area contributed by atoms with Gasteiger partial charge in [-0.15, -0.1) is 0 Å². The molecule has 1 atom stereocenters. The molecule has 0 aromatic heterocycles. The highest BCUT2D eigenvalue weighted by atomic mass is 35.5. The van der Waals surface area contributed by atoms with Crippen molar-refractivity contribution in [2.45, 2.75) is 13.0 Å². The van der Waals surface area contributed by atoms with E-state index in [1.54, 1.807) is 55.5 Å². The van der Waals surface area contributed by atoms with Gasteiger partial charge in [-0.2, -0.15) is 0 Å². The van der Waals surface area contributed by atoms with Gasteiger partial charge in [-0.05, 0) is 78.7 Å². The average Bonchev–Trinajstić information content (AvgIpc) is 3.19. The van der Waals surface area contributed by atoms with Crippen molar-refractivity contribution in [1.29, 1.82) is 0 Å². The normalized spacial score (nSPS) is 16.4. The van der Waals surface area contributed by atoms with Gasteiger partial charge in [-0.3, -0.25) is 14.5 Å². The van der Waals surface area contributed by atoms with Crippen LogP contribution in [0.25, 0.3) is 5.76 Å². The summed E-state index contributed by atoms with van der Waals surface area (Å²) < 4.78 is 5.43. The number of hydrogen-bond acceptors (Lipinski definition) is 6. The molecule has 196 valence electrons. The Kier molecular flexibility index (Phi) is 7.00. The Hall–Kier alpha value is -4.75. The number of hydrogen-bond donors (Lipinski definition) is 3. The molecule has 4 aromatic rings. The highest BCUT2D eigenvalue weighted by Crippen LogP contribution is 2.45. The van der Waals surface area contributed by atoms with Gasteiger partial charge in [-0.1, -0.05) is 41.9 Å². The zero-order valence-corrected chi connectivity index (χ0v) is 21.9. The van der Waals surface area contributed by atoms with Gasteiger partial charge in [0, 0.05) is 17.1 Å². The lowest BCUT2D eigenvalue weighted by Gasteiger charge is -2.26. The molecule has 1 amide bonds. The summed E-state index contributed by atoms with van der Waals surface area (Å²) in [5.41, 5.74) is 3.50. The first-order chi connectivity index (χ1) is 18.8. The third-order valence-corrected chi connectivity index (χ3v) is 6.79. The number of nitrogens with one attached hydrogen (secondary N) is 1. The number of phenols is 1. The number of carbonyl (C=O) groups is 2. The SMILES string of the molecule is COc1c(Cl)cc(C)cc1/C(O)=C1\C(=O)C(=O)N(c2ccc(Nc3ccccc3)cc2)C1c1ccc(O)cc1. The van der Waals surface area contributed by atoms with Crippen molar-refractivity contribution in [3.8, 4) is 11.5 Å². The summed E-state index contributed by atoms with van der Waals surface area (Å²) in [6, 6.07) is 25.2. The molecule has 5 rings (SSSR count). The summed E-state index contributed by atoms with van der Waals surface area (Å²) in [5, 5.41) is 24.9. The smallest absolute Gasteiger partial charge is 0.300 e. The highest BCUT2D eigenvalue weighted by molar-refractivity contribution is 6.51. The van der Waals surface area contributed by atoms with E-state index < -0.39 is 23.5 Å². The molecule has 1 aliphatic rings. The first-order valence-electron chi connectivity index (χ1n) is 12.1. The molecule has 0 spiro atoms. The number of methoxy groups -OCH3 is 1. The van der Waals surface area contributed by atoms with Gasteiger partial charge in [0.2, 0.25) is 0 Å². The van der Waals surface area contributed by atoms with E-state index in [-0.39, 0.29) is 27.7 Å². The first-order valence-corrected chi connectivity index (χ1v) is 12.5. The van der Waals surface area contributed by atoms with Crippen molar-refractivity contribution in [2.75, 3.05) is 17.3 Å². The second-order valence-electron chi connectivity index (χ2n) is 9.13. The van der Waals surface area contributed by atoms with Crippen molar-refractivity contribution in [3.05, 3.63) is 118 Å². The molecule has 1 fully saturated rings. The van der Waals surface area contributed by atoms with Crippen LogP contribution in [0.2, 0.25) is 5.02 Å². The Morgan fingerprint density at radius 1 is 0.923 bits per heavy atom. The zero-order valence-electron chi connectivity index (χ0n) is 21.2. The van der Waals surface area contributed by atoms with Gasteiger partial charge in [0.25, 0.3) is 11.7 Å². The van der Waals surface area contributed by atoms with Crippen LogP contribution in [0.1, 0.15) is 22.7 Å². The van der Waals surface area contributed by atoms with Crippen LogP contribution in [-0.2, 0) is 9.59 Å². The van der Waals surface area contributed by atoms with E-state index in [4.69, 9.17) is 16.3 Å². The Morgan fingerprint density at radius 3 is 2.21 bits per heavy atom. The maximum absolute atomic E-state index is 13.5. The molecule has 1 saturated heterocycles. The number of ether oxygens (including phenoxy) is 1. The number of amides is 1. The van der Waals surface area contributed by atoms with Crippen LogP contribution in [0, 0.1) is 6.92 Å². The molecule has 7 nitrogen and oxygen atoms in total. The molecule has 0 saturated carbocycles. The molecule has 0 radical (unpaired) electrons. The summed E-state index contributed by atoms with van der Waals surface area (Å²) in [7, 11) is 1.41. The van der Waals surface area contributed by atoms with E-state index in [0.717, 1.165) is 16.9 Å². The second kappa shape index (κ2) is 10.6. The minimum Gasteiger partial charge on any atom is -0.508 e. The standard InChI is InChI=1S/C31H25ClN2O5/c1-18-16-24(30(39-2)25(32)17-18)28(36)26-27(19-8-14-23(35)15-9-19)34(31(38)29(26)37)22-12-10-21(11-13-22)33-20-6-4-3-5-7-20/h3-17,27,33,35-36H,1-2H3/b28-26+. The number of halogens is 1. The number of aliphatic hydroxyl groups excluding tert-OH is 1. The Bertz CT molecular complexity index is 1580. The fraction of sp³-hybridized carbons (Fsp3) is 0.0968. The number of ketones is 1. The van der Waals surface area contributed by atoms with Gasteiger partial charge in [0.05, 0.1) is 29.3 Å². The number of aliphatic hydroxyl groups is 1. The summed E-state index contributed by atoms with van der Waals surface area (Å²) in [5.74, 6) is -1.84. The molecule has 0 aliphatic carbocycles. The summed E-state index contributed by atoms with van der Waals surface area (Å²) in [4.78, 5) is 28.3. The van der Waals surface area contributed by atoms with E-state index in [9.17, 15) is 19.8 Å². The van der Waals surface area contributed by atoms with Crippen LogP contribution in [-0.4, -0.2) is 29.0 Å². The molecule has 1 unspecified atom stereocenters. The monoisotopic (exact) mass is 540 g/mol. The van der Waals surface area contributed by atoms with Gasteiger partial charge in [-0.25, -0.2) is 0 Å². The van der Waals surface area contributed by atoms with Crippen LogP contribution in [0.5, 0.6) is 11.5 Å². The number of aromatic hydroxyl groups is 1. The third-order valence-electron chi connectivity index (χ3n) is 6.51. The van der Waals surface area contributed by atoms with E-state index in [0.29, 0.717) is 11.3 Å². The molecule has 39 heavy (non-hydrogen) atoms. The van der Waals surface area contributed by atoms with Crippen LogP contribution in [0.3, 0.4) is 0 Å². The number of Topliss-reactive ketones (excluding diaryl/α,β-unsaturated/α-hetero) is 1. The summed E-state index contributed by atoms with van der Waals surface area (Å²) in [6.07, 6.45) is 0. The Morgan fingerprint density at radius 2 is 1.56 bits per heavy atom. The number of benzene rings is 4. The predicted octanol–water partition coefficient (Wildman–Crippen LogP) is 6.73. The van der Waals surface area contributed by atoms with E-state index >= 15 is 0 Å². The second-order valence-corrected chi connectivity index (χ2v) is 9.53. The topological polar surface area (TPSA) is 99.1 Å². The molecular formula is C31H25ClN2O5. The van der Waals surface area contributed by atoms with Crippen molar-refractivity contribution < 1.29 is 24.5 Å². The van der Waals surface area contributed by atoms with Crippen molar-refractivity contribution in [3.63, 3.8) is 0 Å². The van der Waals surface area contributed by atoms with Gasteiger partial charge >= 0.3 is 0 Å². The molecule has 1 aliphatic heterocycles. The Labute approximate surface area is 230 Å². The number of anilines is 3. The summed E-state index contributed by atoms with van der Waals surface area (Å²) in [6.45, 7) is 1.79. The van der Waals surface area contributed by atoms with Gasteiger partial charge < -0.3 is 20.3 Å². The molecule has 8 heteroatoms. The zero-order chi connectivity index (χ0) is 27.7. The van der Waals surface area contributed by atoms with E-state index in [1.165, 1.54) is 24.1 Å². The Balaban J connectivity index is 1.64. The number of aryl methyl sites for hydroxylation is 1. The molecule has 0 bridgehead atoms. The number of nitrogens with zero attached hydrogens (tertiary/aromatic N) is 1. The highest BCUT2D eigenvalue weighted by Gasteiger charge is 2.47. The maximum Gasteiger partial charge on any atom is 0.300 e. The lowest BCUT2D eigenvalue weighted by atomic mass is 9.94. The lowest BCUT2D eigenvalue weighted by molar-refractivity contribution is -0.132. The minimum atomic E-state index is -0.970. The molecule has 4 aromatic carbocycles. The first kappa shape index (κ1) is 25.9. The van der Waals surface area contributed by atoms with Crippen LogP contribution in [0.4, 0.5) is 17.1 Å².